The van der Waals surface area contributed by atoms with Crippen molar-refractivity contribution in [3.63, 3.8) is 0 Å². The van der Waals surface area contributed by atoms with Crippen LogP contribution in [0, 0.1) is 23.7 Å². The number of carboxylic acids is 1. The molecule has 0 aromatic heterocycles. The number of fused-ring (bicyclic) bond motifs is 2. The first-order valence-corrected chi connectivity index (χ1v) is 6.96. The summed E-state index contributed by atoms with van der Waals surface area (Å²) in [5.74, 6) is -1.55. The van der Waals surface area contributed by atoms with Crippen molar-refractivity contribution in [1.29, 1.82) is 0 Å². The average Bonchev–Trinajstić information content (AvgIpc) is 3.01. The van der Waals surface area contributed by atoms with Gasteiger partial charge in [-0.3, -0.25) is 9.59 Å². The molecule has 2 fully saturated rings. The van der Waals surface area contributed by atoms with Crippen LogP contribution in [0.4, 0.5) is 0 Å². The van der Waals surface area contributed by atoms with Gasteiger partial charge < -0.3 is 10.0 Å². The van der Waals surface area contributed by atoms with Gasteiger partial charge in [0.1, 0.15) is 0 Å². The third kappa shape index (κ3) is 1.99. The first-order valence-electron chi connectivity index (χ1n) is 6.96. The second kappa shape index (κ2) is 4.51. The van der Waals surface area contributed by atoms with Crippen LogP contribution in [0.15, 0.2) is 24.8 Å². The summed E-state index contributed by atoms with van der Waals surface area (Å²) in [5, 5.41) is 9.40. The van der Waals surface area contributed by atoms with E-state index in [1.54, 1.807) is 6.08 Å². The van der Waals surface area contributed by atoms with Crippen molar-refractivity contribution in [3.8, 4) is 0 Å². The van der Waals surface area contributed by atoms with E-state index in [2.05, 4.69) is 6.58 Å². The molecule has 4 unspecified atom stereocenters. The number of hydrogen-bond donors (Lipinski definition) is 1. The standard InChI is InChI=1S/C15H19NO3/c1-2-7-16(11-5-6-11)14(17)12-9-3-4-10(8-9)13(12)15(18)19/h2-4,9-13H,1,5-8H2,(H,18,19). The number of carbonyl (C=O) groups is 2. The molecule has 3 aliphatic rings. The Hall–Kier alpha value is -1.58. The predicted molar refractivity (Wildman–Crippen MR) is 70.3 cm³/mol. The monoisotopic (exact) mass is 261 g/mol. The van der Waals surface area contributed by atoms with Gasteiger partial charge in [-0.1, -0.05) is 18.2 Å². The van der Waals surface area contributed by atoms with Gasteiger partial charge in [0.2, 0.25) is 5.91 Å². The Kier molecular flexibility index (Phi) is 2.96. The number of carbonyl (C=O) groups excluding carboxylic acids is 1. The van der Waals surface area contributed by atoms with E-state index in [1.807, 2.05) is 17.1 Å². The molecule has 0 aromatic carbocycles. The fourth-order valence-electron chi connectivity index (χ4n) is 3.63. The molecule has 0 spiro atoms. The van der Waals surface area contributed by atoms with Gasteiger partial charge >= 0.3 is 5.97 Å². The molecule has 0 aromatic rings. The summed E-state index contributed by atoms with van der Waals surface area (Å²) in [6.45, 7) is 4.23. The fraction of sp³-hybridized carbons (Fsp3) is 0.600. The van der Waals surface area contributed by atoms with E-state index < -0.39 is 11.9 Å². The summed E-state index contributed by atoms with van der Waals surface area (Å²) < 4.78 is 0. The Morgan fingerprint density at radius 1 is 1.26 bits per heavy atom. The van der Waals surface area contributed by atoms with E-state index in [0.29, 0.717) is 12.6 Å². The summed E-state index contributed by atoms with van der Waals surface area (Å²) >= 11 is 0. The number of allylic oxidation sites excluding steroid dienone is 2. The Morgan fingerprint density at radius 3 is 2.42 bits per heavy atom. The molecule has 1 N–H and O–H groups in total. The van der Waals surface area contributed by atoms with Gasteiger partial charge in [0, 0.05) is 12.6 Å². The number of amides is 1. The molecule has 1 amide bonds. The van der Waals surface area contributed by atoms with Gasteiger partial charge in [0.05, 0.1) is 11.8 Å². The Labute approximate surface area is 112 Å². The molecule has 0 radical (unpaired) electrons. The van der Waals surface area contributed by atoms with Crippen LogP contribution in [-0.4, -0.2) is 34.5 Å². The van der Waals surface area contributed by atoms with E-state index in [1.165, 1.54) is 0 Å². The molecule has 3 rings (SSSR count). The lowest BCUT2D eigenvalue weighted by molar-refractivity contribution is -0.151. The van der Waals surface area contributed by atoms with Crippen LogP contribution >= 0.6 is 0 Å². The topological polar surface area (TPSA) is 57.6 Å². The van der Waals surface area contributed by atoms with Crippen molar-refractivity contribution in [2.75, 3.05) is 6.54 Å². The lowest BCUT2D eigenvalue weighted by atomic mass is 9.82. The Bertz CT molecular complexity index is 452. The maximum absolute atomic E-state index is 12.7. The van der Waals surface area contributed by atoms with Gasteiger partial charge in [-0.05, 0) is 31.1 Å². The van der Waals surface area contributed by atoms with E-state index in [9.17, 15) is 14.7 Å². The lowest BCUT2D eigenvalue weighted by Gasteiger charge is -2.30. The van der Waals surface area contributed by atoms with E-state index in [4.69, 9.17) is 0 Å². The van der Waals surface area contributed by atoms with Crippen LogP contribution in [0.3, 0.4) is 0 Å². The SMILES string of the molecule is C=CCN(C(=O)C1C2C=CC(C2)C1C(=O)O)C1CC1. The third-order valence-electron chi connectivity index (χ3n) is 4.63. The zero-order valence-corrected chi connectivity index (χ0v) is 10.9. The number of aliphatic carboxylic acids is 1. The van der Waals surface area contributed by atoms with Gasteiger partial charge in [-0.15, -0.1) is 6.58 Å². The zero-order valence-electron chi connectivity index (χ0n) is 10.9. The lowest BCUT2D eigenvalue weighted by Crippen LogP contribution is -2.44. The number of nitrogens with zero attached hydrogens (tertiary/aromatic N) is 1. The molecule has 2 saturated carbocycles. The van der Waals surface area contributed by atoms with Crippen molar-refractivity contribution >= 4 is 11.9 Å². The smallest absolute Gasteiger partial charge is 0.307 e. The van der Waals surface area contributed by atoms with Crippen molar-refractivity contribution in [2.45, 2.75) is 25.3 Å². The molecule has 3 aliphatic carbocycles. The van der Waals surface area contributed by atoms with Crippen molar-refractivity contribution in [1.82, 2.24) is 4.90 Å². The first kappa shape index (κ1) is 12.5. The second-order valence-corrected chi connectivity index (χ2v) is 5.85. The number of rotatable bonds is 5. The van der Waals surface area contributed by atoms with E-state index in [0.717, 1.165) is 19.3 Å². The highest BCUT2D eigenvalue weighted by molar-refractivity contribution is 5.87. The van der Waals surface area contributed by atoms with Gasteiger partial charge in [-0.2, -0.15) is 0 Å². The highest BCUT2D eigenvalue weighted by Gasteiger charge is 2.53. The minimum atomic E-state index is -0.829. The van der Waals surface area contributed by atoms with Gasteiger partial charge in [0.15, 0.2) is 0 Å². The van der Waals surface area contributed by atoms with Gasteiger partial charge in [0.25, 0.3) is 0 Å². The average molecular weight is 261 g/mol. The molecule has 4 heteroatoms. The molecule has 19 heavy (non-hydrogen) atoms. The quantitative estimate of drug-likeness (QED) is 0.766. The van der Waals surface area contributed by atoms with Crippen molar-refractivity contribution in [3.05, 3.63) is 24.8 Å². The molecule has 2 bridgehead atoms. The van der Waals surface area contributed by atoms with Crippen LogP contribution in [0.1, 0.15) is 19.3 Å². The van der Waals surface area contributed by atoms with Crippen LogP contribution in [-0.2, 0) is 9.59 Å². The predicted octanol–water partition coefficient (Wildman–Crippen LogP) is 1.69. The summed E-state index contributed by atoms with van der Waals surface area (Å²) in [5.41, 5.74) is 0. The normalized spacial score (nSPS) is 35.4. The Balaban J connectivity index is 1.83. The maximum atomic E-state index is 12.7. The number of hydrogen-bond acceptors (Lipinski definition) is 2. The zero-order chi connectivity index (χ0) is 13.6. The summed E-state index contributed by atoms with van der Waals surface area (Å²) in [4.78, 5) is 26.0. The van der Waals surface area contributed by atoms with E-state index in [-0.39, 0.29) is 23.7 Å². The molecule has 102 valence electrons. The van der Waals surface area contributed by atoms with Crippen LogP contribution < -0.4 is 0 Å². The first-order chi connectivity index (χ1) is 9.13. The summed E-state index contributed by atoms with van der Waals surface area (Å²) in [7, 11) is 0. The fourth-order valence-corrected chi connectivity index (χ4v) is 3.63. The highest BCUT2D eigenvalue weighted by atomic mass is 16.4. The highest BCUT2D eigenvalue weighted by Crippen LogP contribution is 2.49. The molecule has 4 atom stereocenters. The maximum Gasteiger partial charge on any atom is 0.307 e. The largest absolute Gasteiger partial charge is 0.481 e. The molecule has 0 saturated heterocycles. The molecule has 0 heterocycles. The summed E-state index contributed by atoms with van der Waals surface area (Å²) in [6, 6.07) is 0.308. The second-order valence-electron chi connectivity index (χ2n) is 5.85. The van der Waals surface area contributed by atoms with Crippen molar-refractivity contribution < 1.29 is 14.7 Å². The molecular formula is C15H19NO3. The Morgan fingerprint density at radius 2 is 1.89 bits per heavy atom. The minimum absolute atomic E-state index is 0.0200. The van der Waals surface area contributed by atoms with Crippen LogP contribution in [0.2, 0.25) is 0 Å². The number of carboxylic acid groups (broad SMARTS) is 1. The third-order valence-corrected chi connectivity index (χ3v) is 4.63. The van der Waals surface area contributed by atoms with Gasteiger partial charge in [-0.25, -0.2) is 0 Å². The molecular weight excluding hydrogens is 242 g/mol. The van der Waals surface area contributed by atoms with Crippen LogP contribution in [0.25, 0.3) is 0 Å². The minimum Gasteiger partial charge on any atom is -0.481 e. The molecule has 4 nitrogen and oxygen atoms in total. The molecule has 0 aliphatic heterocycles. The summed E-state index contributed by atoms with van der Waals surface area (Å²) in [6.07, 6.45) is 8.63. The van der Waals surface area contributed by atoms with Crippen molar-refractivity contribution in [2.24, 2.45) is 23.7 Å². The van der Waals surface area contributed by atoms with Crippen LogP contribution in [0.5, 0.6) is 0 Å². The van der Waals surface area contributed by atoms with E-state index >= 15 is 0 Å².